The number of aliphatic hydroxyl groups excluding tert-OH is 1. The number of imide groups is 2. The second kappa shape index (κ2) is 37.9. The molecule has 0 unspecified atom stereocenters. The number of aliphatic hydroxyl groups is 2. The number of carbonyl (C=O) groups excluding carboxylic acids is 4. The number of aromatic hydroxyl groups is 2. The minimum absolute atomic E-state index is 0. The van der Waals surface area contributed by atoms with Gasteiger partial charge in [-0.1, -0.05) is 81.0 Å². The average molecular weight is 733 g/mol. The maximum atomic E-state index is 10.4. The zero-order valence-electron chi connectivity index (χ0n) is 19.3. The molecule has 10 nitrogen and oxygen atoms in total. The zero-order chi connectivity index (χ0) is 25.2. The number of likely N-dealkylation sites (N-methyl/N-ethyl adjacent to an activating group) is 2. The fourth-order valence-electron chi connectivity index (χ4n) is 1.81. The molecule has 2 aliphatic rings. The molecule has 4 amide bonds. The summed E-state index contributed by atoms with van der Waals surface area (Å²) in [7, 11) is 2.90. The number of phenolic OH excluding ortho intramolecular Hbond substituents is 2. The van der Waals surface area contributed by atoms with Gasteiger partial charge in [0.1, 0.15) is 18.3 Å². The molecular formula is C29H50N2O8Y2. The molecule has 2 aliphatic heterocycles. The summed E-state index contributed by atoms with van der Waals surface area (Å²) < 4.78 is 0. The van der Waals surface area contributed by atoms with Crippen molar-refractivity contribution in [3.63, 3.8) is 0 Å². The van der Waals surface area contributed by atoms with E-state index in [0.717, 1.165) is 9.80 Å². The Morgan fingerprint density at radius 1 is 0.488 bits per heavy atom. The average Bonchev–Trinajstić information content (AvgIpc) is 3.26. The first-order valence-electron chi connectivity index (χ1n) is 9.33. The van der Waals surface area contributed by atoms with E-state index in [1.54, 1.807) is 48.5 Å². The summed E-state index contributed by atoms with van der Waals surface area (Å²) in [6.45, 7) is -0.750. The first kappa shape index (κ1) is 62.5. The van der Waals surface area contributed by atoms with E-state index in [1.807, 2.05) is 12.1 Å². The molecule has 0 bridgehead atoms. The molecule has 230 valence electrons. The number of rotatable bonds is 0. The number of para-hydroxylation sites is 2. The second-order valence-corrected chi connectivity index (χ2v) is 5.95. The number of hydrogen-bond donors (Lipinski definition) is 4. The molecule has 0 saturated heterocycles. The quantitative estimate of drug-likeness (QED) is 0.226. The third-order valence-corrected chi connectivity index (χ3v) is 3.57. The summed E-state index contributed by atoms with van der Waals surface area (Å²) in [5.74, 6) is -0.319. The van der Waals surface area contributed by atoms with Crippen LogP contribution in [0.5, 0.6) is 11.5 Å². The van der Waals surface area contributed by atoms with Gasteiger partial charge in [-0.15, -0.1) is 0 Å². The molecule has 2 heterocycles. The van der Waals surface area contributed by atoms with Gasteiger partial charge in [0.05, 0.1) is 0 Å². The van der Waals surface area contributed by atoms with Crippen LogP contribution in [0.15, 0.2) is 85.0 Å². The Hall–Kier alpha value is -2.07. The summed E-state index contributed by atoms with van der Waals surface area (Å²) in [5.41, 5.74) is 0. The standard InChI is InChI=1S/2C6H6O.2C5H5NO2.CH4O2.6CH4.2Y/c2*7-6-4-2-1-3-5-6;2*1-6-4(7)2-3-5(6)8;2-1-3;;;;;;;;/h2*1-5,7H;2*2-3H,1H3;2-3H,1H2;6*1H4;;. The smallest absolute Gasteiger partial charge is 0.253 e. The molecule has 0 atom stereocenters. The second-order valence-electron chi connectivity index (χ2n) is 5.95. The van der Waals surface area contributed by atoms with Crippen molar-refractivity contribution in [1.82, 2.24) is 9.80 Å². The summed E-state index contributed by atoms with van der Waals surface area (Å²) in [4.78, 5) is 43.7. The number of phenols is 2. The molecule has 4 rings (SSSR count). The summed E-state index contributed by atoms with van der Waals surface area (Å²) in [6, 6.07) is 17.4. The largest absolute Gasteiger partial charge is 0.508 e. The maximum Gasteiger partial charge on any atom is 0.253 e. The van der Waals surface area contributed by atoms with Crippen molar-refractivity contribution in [1.29, 1.82) is 0 Å². The Morgan fingerprint density at radius 2 is 0.659 bits per heavy atom. The number of benzene rings is 2. The van der Waals surface area contributed by atoms with E-state index in [9.17, 15) is 19.2 Å². The fourth-order valence-corrected chi connectivity index (χ4v) is 1.81. The van der Waals surface area contributed by atoms with Gasteiger partial charge in [0.2, 0.25) is 0 Å². The Labute approximate surface area is 297 Å². The van der Waals surface area contributed by atoms with E-state index in [0.29, 0.717) is 11.5 Å². The Morgan fingerprint density at radius 3 is 0.732 bits per heavy atom. The van der Waals surface area contributed by atoms with Gasteiger partial charge < -0.3 is 20.4 Å². The van der Waals surface area contributed by atoms with Gasteiger partial charge >= 0.3 is 0 Å². The normalized spacial score (nSPS) is 10.5. The zero-order valence-corrected chi connectivity index (χ0v) is 24.9. The summed E-state index contributed by atoms with van der Waals surface area (Å²) in [6.07, 6.45) is 5.01. The third-order valence-electron chi connectivity index (χ3n) is 3.57. The molecule has 2 aromatic rings. The van der Waals surface area contributed by atoms with E-state index in [4.69, 9.17) is 20.4 Å². The van der Waals surface area contributed by atoms with E-state index in [-0.39, 0.29) is 134 Å². The van der Waals surface area contributed by atoms with Crippen LogP contribution in [0.25, 0.3) is 0 Å². The molecule has 4 N–H and O–H groups in total. The SMILES string of the molecule is C.C.C.C.C.C.CN1C(=O)C=CC1=O.CN1C(=O)C=CC1=O.OCO.Oc1ccccc1.Oc1ccccc1.[Y].[Y]. The molecule has 2 radical (unpaired) electrons. The number of carbonyl (C=O) groups is 4. The van der Waals surface area contributed by atoms with E-state index in [2.05, 4.69) is 0 Å². The van der Waals surface area contributed by atoms with Crippen LogP contribution >= 0.6 is 0 Å². The van der Waals surface area contributed by atoms with Gasteiger partial charge in [-0.3, -0.25) is 29.0 Å². The molecule has 0 fully saturated rings. The minimum atomic E-state index is -0.750. The molecule has 0 aromatic heterocycles. The van der Waals surface area contributed by atoms with E-state index < -0.39 is 6.79 Å². The van der Waals surface area contributed by atoms with Crippen LogP contribution in [0.4, 0.5) is 0 Å². The van der Waals surface area contributed by atoms with Crippen LogP contribution in [0.2, 0.25) is 0 Å². The molecule has 0 saturated carbocycles. The monoisotopic (exact) mass is 732 g/mol. The fraction of sp³-hybridized carbons (Fsp3) is 0.310. The van der Waals surface area contributed by atoms with Crippen LogP contribution in [-0.2, 0) is 84.6 Å². The van der Waals surface area contributed by atoms with Crippen molar-refractivity contribution in [3.8, 4) is 11.5 Å². The van der Waals surface area contributed by atoms with Crippen LogP contribution in [-0.4, -0.2) is 74.7 Å². The predicted octanol–water partition coefficient (Wildman–Crippen LogP) is 4.61. The van der Waals surface area contributed by atoms with Crippen LogP contribution < -0.4 is 0 Å². The molecule has 0 aliphatic carbocycles. The third kappa shape index (κ3) is 30.7. The van der Waals surface area contributed by atoms with E-state index >= 15 is 0 Å². The van der Waals surface area contributed by atoms with Crippen molar-refractivity contribution >= 4 is 23.6 Å². The number of nitrogens with zero attached hydrogens (tertiary/aromatic N) is 2. The predicted molar refractivity (Wildman–Crippen MR) is 160 cm³/mol. The Kier molecular flexibility index (Phi) is 57.8. The maximum absolute atomic E-state index is 10.4. The Bertz CT molecular complexity index is 844. The van der Waals surface area contributed by atoms with Gasteiger partial charge in [0, 0.05) is 104 Å². The number of hydrogen-bond acceptors (Lipinski definition) is 8. The van der Waals surface area contributed by atoms with Crippen molar-refractivity contribution in [2.45, 2.75) is 44.6 Å². The minimum Gasteiger partial charge on any atom is -0.508 e. The molecule has 0 spiro atoms. The Balaban J connectivity index is -0.0000000434. The van der Waals surface area contributed by atoms with Crippen LogP contribution in [0.1, 0.15) is 44.6 Å². The van der Waals surface area contributed by atoms with Crippen LogP contribution in [0.3, 0.4) is 0 Å². The molecular weight excluding hydrogens is 682 g/mol. The first-order chi connectivity index (χ1) is 15.6. The number of amides is 4. The van der Waals surface area contributed by atoms with Gasteiger partial charge in [0.25, 0.3) is 23.6 Å². The van der Waals surface area contributed by atoms with E-state index in [1.165, 1.54) is 38.4 Å². The van der Waals surface area contributed by atoms with Crippen molar-refractivity contribution in [2.75, 3.05) is 20.9 Å². The van der Waals surface area contributed by atoms with Gasteiger partial charge in [0.15, 0.2) is 0 Å². The topological polar surface area (TPSA) is 156 Å². The molecule has 12 heteroatoms. The van der Waals surface area contributed by atoms with Gasteiger partial charge in [-0.05, 0) is 24.3 Å². The summed E-state index contributed by atoms with van der Waals surface area (Å²) >= 11 is 0. The molecule has 41 heavy (non-hydrogen) atoms. The first-order valence-corrected chi connectivity index (χ1v) is 9.33. The van der Waals surface area contributed by atoms with Crippen LogP contribution in [0, 0.1) is 0 Å². The summed E-state index contributed by atoms with van der Waals surface area (Å²) in [5, 5.41) is 31.5. The van der Waals surface area contributed by atoms with Crippen molar-refractivity contribution in [2.24, 2.45) is 0 Å². The van der Waals surface area contributed by atoms with Crippen molar-refractivity contribution < 1.29 is 105 Å². The van der Waals surface area contributed by atoms with Gasteiger partial charge in [-0.25, -0.2) is 0 Å². The van der Waals surface area contributed by atoms with Crippen molar-refractivity contribution in [3.05, 3.63) is 85.0 Å². The molecule has 2 aromatic carbocycles. The van der Waals surface area contributed by atoms with Gasteiger partial charge in [-0.2, -0.15) is 0 Å².